The zero-order valence-corrected chi connectivity index (χ0v) is 12.7. The molecule has 22 heavy (non-hydrogen) atoms. The monoisotopic (exact) mass is 300 g/mol. The number of amides is 1. The van der Waals surface area contributed by atoms with Crippen LogP contribution in [0.4, 0.5) is 0 Å². The number of aromatic nitrogens is 3. The van der Waals surface area contributed by atoms with E-state index in [0.717, 1.165) is 43.1 Å². The SMILES string of the molecule is CC(=O)N1CCC[C@@H](COc2ccc(-c3ccn[nH]3)nc2)C1. The zero-order valence-electron chi connectivity index (χ0n) is 12.7. The first-order valence-corrected chi connectivity index (χ1v) is 7.56. The number of hydrogen-bond acceptors (Lipinski definition) is 4. The highest BCUT2D eigenvalue weighted by molar-refractivity contribution is 5.73. The highest BCUT2D eigenvalue weighted by Crippen LogP contribution is 2.20. The van der Waals surface area contributed by atoms with Gasteiger partial charge in [-0.3, -0.25) is 14.9 Å². The van der Waals surface area contributed by atoms with Crippen LogP contribution in [0.1, 0.15) is 19.8 Å². The Balaban J connectivity index is 1.54. The minimum Gasteiger partial charge on any atom is -0.492 e. The van der Waals surface area contributed by atoms with Crippen LogP contribution in [0.15, 0.2) is 30.6 Å². The van der Waals surface area contributed by atoms with Crippen LogP contribution < -0.4 is 4.74 Å². The van der Waals surface area contributed by atoms with Crippen LogP contribution >= 0.6 is 0 Å². The second-order valence-corrected chi connectivity index (χ2v) is 5.63. The normalized spacial score (nSPS) is 18.2. The van der Waals surface area contributed by atoms with E-state index in [1.807, 2.05) is 23.1 Å². The molecule has 1 atom stereocenters. The number of piperidine rings is 1. The minimum atomic E-state index is 0.148. The molecule has 0 spiro atoms. The molecule has 1 aliphatic heterocycles. The molecule has 2 aromatic heterocycles. The molecule has 0 aliphatic carbocycles. The first-order chi connectivity index (χ1) is 10.7. The van der Waals surface area contributed by atoms with Crippen molar-refractivity contribution in [1.82, 2.24) is 20.1 Å². The number of carbonyl (C=O) groups is 1. The zero-order chi connectivity index (χ0) is 15.4. The Kier molecular flexibility index (Phi) is 4.37. The average Bonchev–Trinajstić information content (AvgIpc) is 3.08. The lowest BCUT2D eigenvalue weighted by Crippen LogP contribution is -2.40. The molecular weight excluding hydrogens is 280 g/mol. The Hall–Kier alpha value is -2.37. The standard InChI is InChI=1S/C16H20N4O2/c1-12(21)20-8-2-3-13(10-20)11-22-14-4-5-15(17-9-14)16-6-7-18-19-16/h4-7,9,13H,2-3,8,10-11H2,1H3,(H,18,19)/t13-/m1/s1. The summed E-state index contributed by atoms with van der Waals surface area (Å²) < 4.78 is 5.82. The maximum absolute atomic E-state index is 11.4. The van der Waals surface area contributed by atoms with Gasteiger partial charge in [0.15, 0.2) is 0 Å². The maximum Gasteiger partial charge on any atom is 0.219 e. The predicted molar refractivity (Wildman–Crippen MR) is 82.3 cm³/mol. The fraction of sp³-hybridized carbons (Fsp3) is 0.438. The molecule has 0 aromatic carbocycles. The van der Waals surface area contributed by atoms with Gasteiger partial charge in [0.1, 0.15) is 5.75 Å². The van der Waals surface area contributed by atoms with Gasteiger partial charge in [0.2, 0.25) is 5.91 Å². The van der Waals surface area contributed by atoms with Gasteiger partial charge in [-0.2, -0.15) is 5.10 Å². The highest BCUT2D eigenvalue weighted by atomic mass is 16.5. The Labute approximate surface area is 129 Å². The van der Waals surface area contributed by atoms with Crippen molar-refractivity contribution in [3.63, 3.8) is 0 Å². The third-order valence-corrected chi connectivity index (χ3v) is 3.96. The van der Waals surface area contributed by atoms with Crippen molar-refractivity contribution in [3.05, 3.63) is 30.6 Å². The number of hydrogen-bond donors (Lipinski definition) is 1. The Morgan fingerprint density at radius 3 is 3.05 bits per heavy atom. The molecule has 1 fully saturated rings. The molecule has 6 nitrogen and oxygen atoms in total. The lowest BCUT2D eigenvalue weighted by Gasteiger charge is -2.31. The smallest absolute Gasteiger partial charge is 0.219 e. The summed E-state index contributed by atoms with van der Waals surface area (Å²) in [7, 11) is 0. The molecule has 0 radical (unpaired) electrons. The molecule has 1 saturated heterocycles. The molecule has 0 bridgehead atoms. The maximum atomic E-state index is 11.4. The summed E-state index contributed by atoms with van der Waals surface area (Å²) in [6.07, 6.45) is 5.57. The number of carbonyl (C=O) groups excluding carboxylic acids is 1. The van der Waals surface area contributed by atoms with Crippen molar-refractivity contribution in [2.45, 2.75) is 19.8 Å². The number of ether oxygens (including phenoxy) is 1. The van der Waals surface area contributed by atoms with Crippen molar-refractivity contribution in [3.8, 4) is 17.1 Å². The van der Waals surface area contributed by atoms with Crippen molar-refractivity contribution in [1.29, 1.82) is 0 Å². The second kappa shape index (κ2) is 6.60. The van der Waals surface area contributed by atoms with E-state index in [4.69, 9.17) is 4.74 Å². The molecule has 0 saturated carbocycles. The average molecular weight is 300 g/mol. The van der Waals surface area contributed by atoms with Crippen LogP contribution in [0.5, 0.6) is 5.75 Å². The van der Waals surface area contributed by atoms with E-state index in [1.165, 1.54) is 0 Å². The van der Waals surface area contributed by atoms with Crippen molar-refractivity contribution in [2.75, 3.05) is 19.7 Å². The van der Waals surface area contributed by atoms with Gasteiger partial charge >= 0.3 is 0 Å². The molecule has 116 valence electrons. The Morgan fingerprint density at radius 2 is 2.36 bits per heavy atom. The summed E-state index contributed by atoms with van der Waals surface area (Å²) in [4.78, 5) is 17.7. The summed E-state index contributed by atoms with van der Waals surface area (Å²) in [5, 5.41) is 6.79. The molecule has 1 amide bonds. The quantitative estimate of drug-likeness (QED) is 0.938. The Bertz CT molecular complexity index is 610. The van der Waals surface area contributed by atoms with Crippen LogP contribution in [-0.2, 0) is 4.79 Å². The number of rotatable bonds is 4. The largest absolute Gasteiger partial charge is 0.492 e. The molecular formula is C16H20N4O2. The summed E-state index contributed by atoms with van der Waals surface area (Å²) >= 11 is 0. The fourth-order valence-electron chi connectivity index (χ4n) is 2.72. The van der Waals surface area contributed by atoms with Crippen molar-refractivity contribution >= 4 is 5.91 Å². The van der Waals surface area contributed by atoms with Gasteiger partial charge < -0.3 is 9.64 Å². The number of pyridine rings is 1. The first-order valence-electron chi connectivity index (χ1n) is 7.56. The first kappa shape index (κ1) is 14.6. The predicted octanol–water partition coefficient (Wildman–Crippen LogP) is 2.11. The van der Waals surface area contributed by atoms with Crippen LogP contribution in [-0.4, -0.2) is 45.7 Å². The van der Waals surface area contributed by atoms with Crippen molar-refractivity contribution < 1.29 is 9.53 Å². The molecule has 3 rings (SSSR count). The van der Waals surface area contributed by atoms with Gasteiger partial charge in [0, 0.05) is 32.1 Å². The van der Waals surface area contributed by atoms with Gasteiger partial charge in [-0.15, -0.1) is 0 Å². The van der Waals surface area contributed by atoms with E-state index in [1.54, 1.807) is 19.3 Å². The molecule has 1 N–H and O–H groups in total. The van der Waals surface area contributed by atoms with Gasteiger partial charge in [-0.1, -0.05) is 0 Å². The van der Waals surface area contributed by atoms with Crippen LogP contribution in [0.3, 0.4) is 0 Å². The van der Waals surface area contributed by atoms with Crippen LogP contribution in [0.25, 0.3) is 11.4 Å². The fourth-order valence-corrected chi connectivity index (χ4v) is 2.72. The second-order valence-electron chi connectivity index (χ2n) is 5.63. The summed E-state index contributed by atoms with van der Waals surface area (Å²) in [5.41, 5.74) is 1.72. The molecule has 3 heterocycles. The van der Waals surface area contributed by atoms with E-state index in [9.17, 15) is 4.79 Å². The number of aromatic amines is 1. The lowest BCUT2D eigenvalue weighted by molar-refractivity contribution is -0.130. The van der Waals surface area contributed by atoms with Gasteiger partial charge in [-0.25, -0.2) is 0 Å². The molecule has 1 aliphatic rings. The number of likely N-dealkylation sites (tertiary alicyclic amines) is 1. The van der Waals surface area contributed by atoms with E-state index < -0.39 is 0 Å². The van der Waals surface area contributed by atoms with E-state index >= 15 is 0 Å². The number of H-pyrrole nitrogens is 1. The van der Waals surface area contributed by atoms with Gasteiger partial charge in [0.05, 0.1) is 24.2 Å². The van der Waals surface area contributed by atoms with E-state index in [-0.39, 0.29) is 5.91 Å². The summed E-state index contributed by atoms with van der Waals surface area (Å²) in [6.45, 7) is 3.90. The summed E-state index contributed by atoms with van der Waals surface area (Å²) in [6, 6.07) is 5.70. The molecule has 6 heteroatoms. The van der Waals surface area contributed by atoms with E-state index in [2.05, 4.69) is 15.2 Å². The van der Waals surface area contributed by atoms with Crippen LogP contribution in [0, 0.1) is 5.92 Å². The molecule has 0 unspecified atom stereocenters. The van der Waals surface area contributed by atoms with E-state index in [0.29, 0.717) is 12.5 Å². The topological polar surface area (TPSA) is 71.1 Å². The summed E-state index contributed by atoms with van der Waals surface area (Å²) in [5.74, 6) is 1.29. The van der Waals surface area contributed by atoms with Crippen LogP contribution in [0.2, 0.25) is 0 Å². The number of nitrogens with zero attached hydrogens (tertiary/aromatic N) is 3. The lowest BCUT2D eigenvalue weighted by atomic mass is 9.99. The number of nitrogens with one attached hydrogen (secondary N) is 1. The van der Waals surface area contributed by atoms with Gasteiger partial charge in [0.25, 0.3) is 0 Å². The highest BCUT2D eigenvalue weighted by Gasteiger charge is 2.21. The van der Waals surface area contributed by atoms with Crippen molar-refractivity contribution in [2.24, 2.45) is 5.92 Å². The van der Waals surface area contributed by atoms with Gasteiger partial charge in [-0.05, 0) is 31.0 Å². The minimum absolute atomic E-state index is 0.148. The molecule has 2 aromatic rings. The Morgan fingerprint density at radius 1 is 1.45 bits per heavy atom. The third kappa shape index (κ3) is 3.44. The third-order valence-electron chi connectivity index (χ3n) is 3.96.